The van der Waals surface area contributed by atoms with Gasteiger partial charge in [-0.3, -0.25) is 4.79 Å². The fourth-order valence-corrected chi connectivity index (χ4v) is 2.72. The van der Waals surface area contributed by atoms with E-state index >= 15 is 0 Å². The van der Waals surface area contributed by atoms with Crippen LogP contribution in [0.4, 0.5) is 4.39 Å². The highest BCUT2D eigenvalue weighted by Gasteiger charge is 2.21. The number of halogens is 1. The molecule has 2 aromatic rings. The first kappa shape index (κ1) is 17.7. The number of hydrogen-bond donors (Lipinski definition) is 0. The molecule has 0 N–H and O–H groups in total. The van der Waals surface area contributed by atoms with Crippen LogP contribution in [0.5, 0.6) is 11.5 Å². The lowest BCUT2D eigenvalue weighted by atomic mass is 9.88. The minimum atomic E-state index is -0.310. The van der Waals surface area contributed by atoms with Crippen LogP contribution in [0.1, 0.15) is 30.9 Å². The molecule has 0 fully saturated rings. The monoisotopic (exact) mass is 328 g/mol. The molecule has 0 unspecified atom stereocenters. The van der Waals surface area contributed by atoms with Crippen molar-refractivity contribution in [3.05, 3.63) is 53.4 Å². The molecule has 0 amide bonds. The van der Waals surface area contributed by atoms with E-state index in [0.717, 1.165) is 28.5 Å². The summed E-state index contributed by atoms with van der Waals surface area (Å²) >= 11 is 0. The molecule has 0 saturated carbocycles. The summed E-state index contributed by atoms with van der Waals surface area (Å²) in [5.74, 6) is 1.05. The predicted octanol–water partition coefficient (Wildman–Crippen LogP) is 4.85. The average Bonchev–Trinajstić information content (AvgIpc) is 2.59. The molecule has 0 aliphatic rings. The van der Waals surface area contributed by atoms with E-state index in [2.05, 4.69) is 13.8 Å². The lowest BCUT2D eigenvalue weighted by Crippen LogP contribution is -2.02. The van der Waals surface area contributed by atoms with E-state index in [9.17, 15) is 9.18 Å². The fraction of sp³-hybridized carbons (Fsp3) is 0.250. The van der Waals surface area contributed by atoms with Crippen molar-refractivity contribution in [1.29, 1.82) is 0 Å². The van der Waals surface area contributed by atoms with E-state index in [1.165, 1.54) is 18.2 Å². The summed E-state index contributed by atoms with van der Waals surface area (Å²) in [5.41, 5.74) is 3.45. The molecule has 0 saturated heterocycles. The van der Waals surface area contributed by atoms with Gasteiger partial charge >= 0.3 is 0 Å². The Labute approximate surface area is 141 Å². The van der Waals surface area contributed by atoms with Crippen molar-refractivity contribution in [3.8, 4) is 22.6 Å². The number of rotatable bonds is 6. The van der Waals surface area contributed by atoms with Crippen molar-refractivity contribution in [1.82, 2.24) is 0 Å². The zero-order valence-corrected chi connectivity index (χ0v) is 14.3. The Morgan fingerprint density at radius 2 is 1.75 bits per heavy atom. The van der Waals surface area contributed by atoms with E-state index in [4.69, 9.17) is 9.47 Å². The van der Waals surface area contributed by atoms with Gasteiger partial charge in [0.1, 0.15) is 12.1 Å². The van der Waals surface area contributed by atoms with Crippen LogP contribution in [0.25, 0.3) is 17.2 Å². The molecular formula is C20H21FO3. The van der Waals surface area contributed by atoms with E-state index in [1.54, 1.807) is 32.4 Å². The molecule has 0 atom stereocenters. The Bertz CT molecular complexity index is 746. The second kappa shape index (κ2) is 7.77. The second-order valence-electron chi connectivity index (χ2n) is 5.65. The number of methoxy groups -OCH3 is 2. The van der Waals surface area contributed by atoms with E-state index < -0.39 is 0 Å². The predicted molar refractivity (Wildman–Crippen MR) is 94.1 cm³/mol. The van der Waals surface area contributed by atoms with Crippen molar-refractivity contribution >= 4 is 12.4 Å². The molecule has 0 spiro atoms. The van der Waals surface area contributed by atoms with Gasteiger partial charge in [0.05, 0.1) is 14.2 Å². The molecule has 0 bridgehead atoms. The molecule has 126 valence electrons. The number of ether oxygens (including phenoxy) is 2. The first-order valence-corrected chi connectivity index (χ1v) is 7.70. The van der Waals surface area contributed by atoms with Gasteiger partial charge in [0.15, 0.2) is 11.5 Å². The van der Waals surface area contributed by atoms with E-state index in [0.29, 0.717) is 11.5 Å². The van der Waals surface area contributed by atoms with Gasteiger partial charge in [-0.2, -0.15) is 0 Å². The van der Waals surface area contributed by atoms with Gasteiger partial charge in [-0.15, -0.1) is 0 Å². The van der Waals surface area contributed by atoms with Crippen LogP contribution in [0.2, 0.25) is 0 Å². The Kier molecular flexibility index (Phi) is 5.74. The van der Waals surface area contributed by atoms with Gasteiger partial charge in [-0.05, 0) is 46.9 Å². The summed E-state index contributed by atoms with van der Waals surface area (Å²) in [6, 6.07) is 8.10. The molecule has 2 rings (SSSR count). The standard InChI is InChI=1S/C20H21FO3/c1-13(2)17-12-18(23-3)20(24-4)19(16(17)6-5-11-22)14-7-9-15(21)10-8-14/h5-13H,1-4H3. The third-order valence-electron chi connectivity index (χ3n) is 3.84. The summed E-state index contributed by atoms with van der Waals surface area (Å²) in [4.78, 5) is 10.8. The van der Waals surface area contributed by atoms with Crippen LogP contribution in [0, 0.1) is 5.82 Å². The van der Waals surface area contributed by atoms with Crippen molar-refractivity contribution in [2.75, 3.05) is 14.2 Å². The highest BCUT2D eigenvalue weighted by atomic mass is 19.1. The third-order valence-corrected chi connectivity index (χ3v) is 3.84. The number of benzene rings is 2. The zero-order chi connectivity index (χ0) is 17.7. The molecule has 0 aromatic heterocycles. The quantitative estimate of drug-likeness (QED) is 0.562. The van der Waals surface area contributed by atoms with Crippen molar-refractivity contribution in [3.63, 3.8) is 0 Å². The molecule has 0 heterocycles. The van der Waals surface area contributed by atoms with E-state index in [-0.39, 0.29) is 11.7 Å². The molecule has 24 heavy (non-hydrogen) atoms. The Balaban J connectivity index is 2.89. The summed E-state index contributed by atoms with van der Waals surface area (Å²) in [6.45, 7) is 4.13. The number of allylic oxidation sites excluding steroid dienone is 1. The number of aldehydes is 1. The van der Waals surface area contributed by atoms with Gasteiger partial charge in [0.25, 0.3) is 0 Å². The molecule has 0 aliphatic heterocycles. The lowest BCUT2D eigenvalue weighted by molar-refractivity contribution is -0.104. The van der Waals surface area contributed by atoms with Crippen molar-refractivity contribution in [2.45, 2.75) is 19.8 Å². The maximum atomic E-state index is 13.3. The van der Waals surface area contributed by atoms with Gasteiger partial charge < -0.3 is 9.47 Å². The van der Waals surface area contributed by atoms with Crippen LogP contribution < -0.4 is 9.47 Å². The molecule has 2 aromatic carbocycles. The fourth-order valence-electron chi connectivity index (χ4n) is 2.72. The smallest absolute Gasteiger partial charge is 0.169 e. The largest absolute Gasteiger partial charge is 0.493 e. The van der Waals surface area contributed by atoms with Gasteiger partial charge in [-0.1, -0.05) is 32.1 Å². The third kappa shape index (κ3) is 3.48. The lowest BCUT2D eigenvalue weighted by Gasteiger charge is -2.21. The van der Waals surface area contributed by atoms with Crippen molar-refractivity contribution in [2.24, 2.45) is 0 Å². The van der Waals surface area contributed by atoms with Gasteiger partial charge in [0, 0.05) is 5.56 Å². The van der Waals surface area contributed by atoms with Crippen molar-refractivity contribution < 1.29 is 18.7 Å². The van der Waals surface area contributed by atoms with Crippen LogP contribution in [-0.4, -0.2) is 20.5 Å². The Hall–Kier alpha value is -2.62. The highest BCUT2D eigenvalue weighted by Crippen LogP contribution is 2.45. The zero-order valence-electron chi connectivity index (χ0n) is 14.3. The Morgan fingerprint density at radius 3 is 2.25 bits per heavy atom. The van der Waals surface area contributed by atoms with Crippen LogP contribution in [0.3, 0.4) is 0 Å². The summed E-state index contributed by atoms with van der Waals surface area (Å²) < 4.78 is 24.4. The summed E-state index contributed by atoms with van der Waals surface area (Å²) in [6.07, 6.45) is 3.93. The van der Waals surface area contributed by atoms with Crippen LogP contribution >= 0.6 is 0 Å². The maximum Gasteiger partial charge on any atom is 0.169 e. The van der Waals surface area contributed by atoms with Gasteiger partial charge in [0.2, 0.25) is 0 Å². The first-order chi connectivity index (χ1) is 11.5. The average molecular weight is 328 g/mol. The molecular weight excluding hydrogens is 307 g/mol. The molecule has 3 nitrogen and oxygen atoms in total. The summed E-state index contributed by atoms with van der Waals surface area (Å²) in [5, 5.41) is 0. The number of carbonyl (C=O) groups excluding carboxylic acids is 1. The normalized spacial score (nSPS) is 11.1. The highest BCUT2D eigenvalue weighted by molar-refractivity contribution is 5.87. The summed E-state index contributed by atoms with van der Waals surface area (Å²) in [7, 11) is 3.14. The molecule has 0 aliphatic carbocycles. The number of carbonyl (C=O) groups is 1. The SMILES string of the molecule is COc1cc(C(C)C)c(C=CC=O)c(-c2ccc(F)cc2)c1OC. The second-order valence-corrected chi connectivity index (χ2v) is 5.65. The topological polar surface area (TPSA) is 35.5 Å². The molecule has 0 radical (unpaired) electrons. The van der Waals surface area contributed by atoms with Gasteiger partial charge in [-0.25, -0.2) is 4.39 Å². The first-order valence-electron chi connectivity index (χ1n) is 7.70. The number of hydrogen-bond acceptors (Lipinski definition) is 3. The van der Waals surface area contributed by atoms with E-state index in [1.807, 2.05) is 6.07 Å². The minimum absolute atomic E-state index is 0.204. The molecule has 4 heteroatoms. The minimum Gasteiger partial charge on any atom is -0.493 e. The van der Waals surface area contributed by atoms with Crippen LogP contribution in [0.15, 0.2) is 36.4 Å². The van der Waals surface area contributed by atoms with Crippen LogP contribution in [-0.2, 0) is 4.79 Å². The maximum absolute atomic E-state index is 13.3. The Morgan fingerprint density at radius 1 is 1.08 bits per heavy atom.